The minimum atomic E-state index is -0.836. The highest BCUT2D eigenvalue weighted by molar-refractivity contribution is 7.99. The zero-order chi connectivity index (χ0) is 15.1. The summed E-state index contributed by atoms with van der Waals surface area (Å²) in [7, 11) is 1.73. The molecule has 4 nitrogen and oxygen atoms in total. The van der Waals surface area contributed by atoms with E-state index in [0.29, 0.717) is 17.3 Å². The normalized spacial score (nSPS) is 11.9. The van der Waals surface area contributed by atoms with Crippen LogP contribution in [0.4, 0.5) is 0 Å². The van der Waals surface area contributed by atoms with E-state index in [1.54, 1.807) is 24.9 Å². The van der Waals surface area contributed by atoms with Crippen LogP contribution in [0, 0.1) is 5.92 Å². The minimum Gasteiger partial charge on any atom is -0.481 e. The highest BCUT2D eigenvalue weighted by Crippen LogP contribution is 2.13. The Kier molecular flexibility index (Phi) is 6.88. The number of carbonyl (C=O) groups is 2. The summed E-state index contributed by atoms with van der Waals surface area (Å²) in [6.45, 7) is 2.13. The van der Waals surface area contributed by atoms with Gasteiger partial charge in [0.05, 0.1) is 11.7 Å². The summed E-state index contributed by atoms with van der Waals surface area (Å²) in [4.78, 5) is 24.2. The number of rotatable bonds is 7. The number of thioether (sulfide) groups is 1. The first-order valence-electron chi connectivity index (χ1n) is 6.19. The van der Waals surface area contributed by atoms with Gasteiger partial charge < -0.3 is 10.0 Å². The lowest BCUT2D eigenvalue weighted by atomic mass is 10.2. The van der Waals surface area contributed by atoms with Crippen molar-refractivity contribution in [2.24, 2.45) is 5.92 Å². The molecule has 0 saturated carbocycles. The predicted molar refractivity (Wildman–Crippen MR) is 82.1 cm³/mol. The minimum absolute atomic E-state index is 0.0208. The quantitative estimate of drug-likeness (QED) is 0.840. The fourth-order valence-electron chi connectivity index (χ4n) is 1.50. The number of halogens is 1. The molecule has 1 aromatic rings. The zero-order valence-corrected chi connectivity index (χ0v) is 13.1. The molecule has 1 N–H and O–H groups in total. The Labute approximate surface area is 128 Å². The molecule has 1 amide bonds. The second kappa shape index (κ2) is 8.17. The van der Waals surface area contributed by atoms with Crippen molar-refractivity contribution in [2.45, 2.75) is 13.5 Å². The Bertz CT molecular complexity index is 481. The summed E-state index contributed by atoms with van der Waals surface area (Å²) in [6, 6.07) is 7.37. The maximum Gasteiger partial charge on any atom is 0.307 e. The molecule has 0 fully saturated rings. The Morgan fingerprint density at radius 2 is 2.15 bits per heavy atom. The van der Waals surface area contributed by atoms with Crippen LogP contribution in [0.2, 0.25) is 5.02 Å². The highest BCUT2D eigenvalue weighted by Gasteiger charge is 2.14. The zero-order valence-electron chi connectivity index (χ0n) is 11.5. The van der Waals surface area contributed by atoms with Gasteiger partial charge in [0.15, 0.2) is 0 Å². The number of aliphatic carboxylic acids is 1. The lowest BCUT2D eigenvalue weighted by Gasteiger charge is -2.17. The van der Waals surface area contributed by atoms with Gasteiger partial charge >= 0.3 is 5.97 Å². The molecular weight excluding hydrogens is 298 g/mol. The van der Waals surface area contributed by atoms with Crippen LogP contribution in [-0.2, 0) is 16.1 Å². The number of carbonyl (C=O) groups excluding carboxylic acids is 1. The number of benzene rings is 1. The van der Waals surface area contributed by atoms with E-state index >= 15 is 0 Å². The first-order valence-corrected chi connectivity index (χ1v) is 7.72. The lowest BCUT2D eigenvalue weighted by molar-refractivity contribution is -0.140. The lowest BCUT2D eigenvalue weighted by Crippen LogP contribution is -2.28. The predicted octanol–water partition coefficient (Wildman–Crippen LogP) is 2.75. The van der Waals surface area contributed by atoms with Gasteiger partial charge in [-0.05, 0) is 17.7 Å². The van der Waals surface area contributed by atoms with Gasteiger partial charge in [-0.2, -0.15) is 11.8 Å². The molecule has 1 rings (SSSR count). The van der Waals surface area contributed by atoms with Gasteiger partial charge in [0, 0.05) is 24.4 Å². The molecule has 20 heavy (non-hydrogen) atoms. The second-order valence-corrected chi connectivity index (χ2v) is 6.10. The first-order chi connectivity index (χ1) is 9.40. The van der Waals surface area contributed by atoms with Gasteiger partial charge in [-0.25, -0.2) is 0 Å². The molecule has 0 heterocycles. The summed E-state index contributed by atoms with van der Waals surface area (Å²) < 4.78 is 0. The molecule has 1 unspecified atom stereocenters. The third-order valence-corrected chi connectivity index (χ3v) is 4.17. The molecule has 0 aromatic heterocycles. The average Bonchev–Trinajstić information content (AvgIpc) is 2.38. The molecule has 110 valence electrons. The van der Waals surface area contributed by atoms with Crippen LogP contribution in [-0.4, -0.2) is 40.4 Å². The molecular formula is C14H18ClNO3S. The fourth-order valence-corrected chi connectivity index (χ4v) is 2.72. The van der Waals surface area contributed by atoms with Crippen molar-refractivity contribution in [3.8, 4) is 0 Å². The summed E-state index contributed by atoms with van der Waals surface area (Å²) in [5.41, 5.74) is 0.970. The second-order valence-electron chi connectivity index (χ2n) is 4.63. The van der Waals surface area contributed by atoms with E-state index in [1.807, 2.05) is 18.2 Å². The highest BCUT2D eigenvalue weighted by atomic mass is 35.5. The van der Waals surface area contributed by atoms with Crippen molar-refractivity contribution in [3.63, 3.8) is 0 Å². The standard InChI is InChI=1S/C14H18ClNO3S/c1-10(14(18)19)8-20-9-13(17)16(2)7-11-4-3-5-12(15)6-11/h3-6,10H,7-9H2,1-2H3,(H,18,19). The average molecular weight is 316 g/mol. The molecule has 0 radical (unpaired) electrons. The number of carboxylic acid groups (broad SMARTS) is 1. The molecule has 1 aromatic carbocycles. The van der Waals surface area contributed by atoms with Crippen molar-refractivity contribution in [1.29, 1.82) is 0 Å². The van der Waals surface area contributed by atoms with Crippen LogP contribution < -0.4 is 0 Å². The largest absolute Gasteiger partial charge is 0.481 e. The van der Waals surface area contributed by atoms with Crippen LogP contribution in [0.25, 0.3) is 0 Å². The van der Waals surface area contributed by atoms with E-state index in [9.17, 15) is 9.59 Å². The molecule has 1 atom stereocenters. The van der Waals surface area contributed by atoms with Gasteiger partial charge in [0.25, 0.3) is 0 Å². The van der Waals surface area contributed by atoms with Crippen molar-refractivity contribution in [2.75, 3.05) is 18.6 Å². The summed E-state index contributed by atoms with van der Waals surface area (Å²) >= 11 is 7.23. The number of hydrogen-bond donors (Lipinski definition) is 1. The number of amides is 1. The number of hydrogen-bond acceptors (Lipinski definition) is 3. The van der Waals surface area contributed by atoms with Gasteiger partial charge in [-0.1, -0.05) is 30.7 Å². The van der Waals surface area contributed by atoms with E-state index in [2.05, 4.69) is 0 Å². The molecule has 0 aliphatic rings. The summed E-state index contributed by atoms with van der Waals surface area (Å²) in [5, 5.41) is 9.40. The fraction of sp³-hybridized carbons (Fsp3) is 0.429. The van der Waals surface area contributed by atoms with Gasteiger partial charge in [0.2, 0.25) is 5.91 Å². The van der Waals surface area contributed by atoms with Crippen molar-refractivity contribution < 1.29 is 14.7 Å². The molecule has 0 saturated heterocycles. The van der Waals surface area contributed by atoms with E-state index in [4.69, 9.17) is 16.7 Å². The topological polar surface area (TPSA) is 57.6 Å². The Hall–Kier alpha value is -1.20. The molecule has 0 aliphatic heterocycles. The van der Waals surface area contributed by atoms with E-state index < -0.39 is 11.9 Å². The van der Waals surface area contributed by atoms with E-state index in [0.717, 1.165) is 5.56 Å². The smallest absolute Gasteiger partial charge is 0.307 e. The van der Waals surface area contributed by atoms with Crippen LogP contribution in [0.3, 0.4) is 0 Å². The van der Waals surface area contributed by atoms with Gasteiger partial charge in [-0.15, -0.1) is 0 Å². The Morgan fingerprint density at radius 3 is 2.75 bits per heavy atom. The summed E-state index contributed by atoms with van der Waals surface area (Å²) in [6.07, 6.45) is 0. The first kappa shape index (κ1) is 16.9. The van der Waals surface area contributed by atoms with Crippen LogP contribution in [0.5, 0.6) is 0 Å². The van der Waals surface area contributed by atoms with E-state index in [-0.39, 0.29) is 11.7 Å². The third-order valence-electron chi connectivity index (χ3n) is 2.75. The van der Waals surface area contributed by atoms with Gasteiger partial charge in [0.1, 0.15) is 0 Å². The summed E-state index contributed by atoms with van der Waals surface area (Å²) in [5.74, 6) is -0.573. The molecule has 0 bridgehead atoms. The monoisotopic (exact) mass is 315 g/mol. The number of nitrogens with zero attached hydrogens (tertiary/aromatic N) is 1. The molecule has 0 spiro atoms. The van der Waals surface area contributed by atoms with Crippen LogP contribution in [0.15, 0.2) is 24.3 Å². The third kappa shape index (κ3) is 5.84. The molecule has 6 heteroatoms. The van der Waals surface area contributed by atoms with Crippen LogP contribution in [0.1, 0.15) is 12.5 Å². The SMILES string of the molecule is CC(CSCC(=O)N(C)Cc1cccc(Cl)c1)C(=O)O. The maximum atomic E-state index is 11.9. The van der Waals surface area contributed by atoms with Crippen LogP contribution >= 0.6 is 23.4 Å². The Balaban J connectivity index is 2.38. The molecule has 0 aliphatic carbocycles. The van der Waals surface area contributed by atoms with Crippen molar-refractivity contribution in [3.05, 3.63) is 34.9 Å². The number of carboxylic acids is 1. The van der Waals surface area contributed by atoms with E-state index in [1.165, 1.54) is 11.8 Å². The van der Waals surface area contributed by atoms with Crippen molar-refractivity contribution >= 4 is 35.2 Å². The van der Waals surface area contributed by atoms with Crippen molar-refractivity contribution in [1.82, 2.24) is 4.90 Å². The Morgan fingerprint density at radius 1 is 1.45 bits per heavy atom. The maximum absolute atomic E-state index is 11.9. The van der Waals surface area contributed by atoms with Gasteiger partial charge in [-0.3, -0.25) is 9.59 Å².